The first kappa shape index (κ1) is 10.8. The molecular formula is C11H18OS. The molecule has 1 unspecified atom stereocenters. The van der Waals surface area contributed by atoms with Crippen LogP contribution in [0, 0.1) is 5.92 Å². The molecule has 0 N–H and O–H groups in total. The molecule has 0 aromatic rings. The quantitative estimate of drug-likeness (QED) is 0.512. The van der Waals surface area contributed by atoms with Crippen molar-refractivity contribution in [1.82, 2.24) is 0 Å². The first-order valence-electron chi connectivity index (χ1n) is 4.89. The standard InChI is InChI=1S/C11H18OS/c1-9(2)10(8-12)7-11(3)5-4-6-13-11/h7-9H,4-6H2,1-3H3/b10-7+. The highest BCUT2D eigenvalue weighted by Gasteiger charge is 2.27. The van der Waals surface area contributed by atoms with E-state index in [0.29, 0.717) is 5.92 Å². The van der Waals surface area contributed by atoms with Crippen LogP contribution in [0.15, 0.2) is 11.6 Å². The van der Waals surface area contributed by atoms with Crippen LogP contribution in [0.3, 0.4) is 0 Å². The van der Waals surface area contributed by atoms with Crippen LogP contribution in [-0.2, 0) is 4.79 Å². The van der Waals surface area contributed by atoms with E-state index in [1.807, 2.05) is 11.8 Å². The van der Waals surface area contributed by atoms with Crippen molar-refractivity contribution in [2.24, 2.45) is 5.92 Å². The van der Waals surface area contributed by atoms with Crippen LogP contribution in [0.2, 0.25) is 0 Å². The lowest BCUT2D eigenvalue weighted by molar-refractivity contribution is -0.105. The molecule has 1 heterocycles. The molecule has 1 aliphatic heterocycles. The molecule has 1 rings (SSSR count). The number of thioether (sulfide) groups is 1. The Labute approximate surface area is 85.0 Å². The lowest BCUT2D eigenvalue weighted by Crippen LogP contribution is -2.14. The molecule has 0 amide bonds. The zero-order valence-electron chi connectivity index (χ0n) is 8.67. The van der Waals surface area contributed by atoms with Gasteiger partial charge in [-0.05, 0) is 37.0 Å². The molecule has 0 spiro atoms. The summed E-state index contributed by atoms with van der Waals surface area (Å²) in [6.07, 6.45) is 5.67. The fourth-order valence-electron chi connectivity index (χ4n) is 1.60. The average molecular weight is 198 g/mol. The zero-order valence-corrected chi connectivity index (χ0v) is 9.49. The van der Waals surface area contributed by atoms with Gasteiger partial charge in [0.1, 0.15) is 6.29 Å². The second-order valence-corrected chi connectivity index (χ2v) is 5.81. The third-order valence-electron chi connectivity index (χ3n) is 2.52. The van der Waals surface area contributed by atoms with Crippen LogP contribution >= 0.6 is 11.8 Å². The largest absolute Gasteiger partial charge is 0.298 e. The van der Waals surface area contributed by atoms with E-state index in [2.05, 4.69) is 26.8 Å². The minimum atomic E-state index is 0.223. The van der Waals surface area contributed by atoms with E-state index < -0.39 is 0 Å². The molecule has 0 radical (unpaired) electrons. The molecule has 1 saturated heterocycles. The minimum Gasteiger partial charge on any atom is -0.298 e. The summed E-state index contributed by atoms with van der Waals surface area (Å²) in [6, 6.07) is 0. The third-order valence-corrected chi connectivity index (χ3v) is 4.00. The van der Waals surface area contributed by atoms with E-state index in [1.165, 1.54) is 18.6 Å². The number of carbonyl (C=O) groups excluding carboxylic acids is 1. The molecular weight excluding hydrogens is 180 g/mol. The lowest BCUT2D eigenvalue weighted by Gasteiger charge is -2.19. The van der Waals surface area contributed by atoms with E-state index in [0.717, 1.165) is 11.9 Å². The Hall–Kier alpha value is -0.240. The van der Waals surface area contributed by atoms with E-state index in [-0.39, 0.29) is 4.75 Å². The van der Waals surface area contributed by atoms with Crippen molar-refractivity contribution in [2.75, 3.05) is 5.75 Å². The Balaban J connectivity index is 2.76. The molecule has 0 bridgehead atoms. The summed E-state index contributed by atoms with van der Waals surface area (Å²) in [7, 11) is 0. The van der Waals surface area contributed by atoms with Gasteiger partial charge in [0.25, 0.3) is 0 Å². The average Bonchev–Trinajstić information content (AvgIpc) is 2.48. The van der Waals surface area contributed by atoms with Gasteiger partial charge in [-0.15, -0.1) is 0 Å². The highest BCUT2D eigenvalue weighted by molar-refractivity contribution is 8.01. The number of allylic oxidation sites excluding steroid dienone is 1. The second kappa shape index (κ2) is 4.32. The van der Waals surface area contributed by atoms with Gasteiger partial charge in [0.2, 0.25) is 0 Å². The summed E-state index contributed by atoms with van der Waals surface area (Å²) in [5.74, 6) is 1.59. The van der Waals surface area contributed by atoms with Crippen molar-refractivity contribution >= 4 is 18.0 Å². The Morgan fingerprint density at radius 1 is 1.54 bits per heavy atom. The molecule has 74 valence electrons. The maximum atomic E-state index is 10.8. The van der Waals surface area contributed by atoms with Gasteiger partial charge in [0.05, 0.1) is 0 Å². The predicted octanol–water partition coefficient (Wildman–Crippen LogP) is 3.05. The van der Waals surface area contributed by atoms with Crippen molar-refractivity contribution in [3.05, 3.63) is 11.6 Å². The van der Waals surface area contributed by atoms with E-state index in [9.17, 15) is 4.79 Å². The maximum absolute atomic E-state index is 10.8. The molecule has 1 aliphatic rings. The van der Waals surface area contributed by atoms with Gasteiger partial charge >= 0.3 is 0 Å². The summed E-state index contributed by atoms with van der Waals surface area (Å²) < 4.78 is 0.223. The van der Waals surface area contributed by atoms with E-state index >= 15 is 0 Å². The fraction of sp³-hybridized carbons (Fsp3) is 0.727. The number of hydrogen-bond acceptors (Lipinski definition) is 2. The first-order valence-corrected chi connectivity index (χ1v) is 5.88. The van der Waals surface area contributed by atoms with Crippen molar-refractivity contribution in [2.45, 2.75) is 38.4 Å². The minimum absolute atomic E-state index is 0.223. The van der Waals surface area contributed by atoms with Crippen molar-refractivity contribution in [3.63, 3.8) is 0 Å². The Morgan fingerprint density at radius 2 is 2.23 bits per heavy atom. The van der Waals surface area contributed by atoms with Crippen LogP contribution in [-0.4, -0.2) is 16.8 Å². The van der Waals surface area contributed by atoms with Crippen LogP contribution < -0.4 is 0 Å². The third kappa shape index (κ3) is 2.87. The van der Waals surface area contributed by atoms with Gasteiger partial charge < -0.3 is 0 Å². The highest BCUT2D eigenvalue weighted by atomic mass is 32.2. The van der Waals surface area contributed by atoms with Crippen molar-refractivity contribution in [3.8, 4) is 0 Å². The van der Waals surface area contributed by atoms with Gasteiger partial charge in [0, 0.05) is 4.75 Å². The van der Waals surface area contributed by atoms with Gasteiger partial charge in [-0.3, -0.25) is 4.79 Å². The van der Waals surface area contributed by atoms with Gasteiger partial charge in [-0.2, -0.15) is 11.8 Å². The SMILES string of the molecule is CC(C)/C(C=O)=C/C1(C)CCCS1. The van der Waals surface area contributed by atoms with Gasteiger partial charge in [0.15, 0.2) is 0 Å². The predicted molar refractivity (Wildman–Crippen MR) is 59.1 cm³/mol. The zero-order chi connectivity index (χ0) is 9.90. The van der Waals surface area contributed by atoms with E-state index in [4.69, 9.17) is 0 Å². The summed E-state index contributed by atoms with van der Waals surface area (Å²) in [5, 5.41) is 0. The summed E-state index contributed by atoms with van der Waals surface area (Å²) in [5.41, 5.74) is 0.955. The van der Waals surface area contributed by atoms with Crippen LogP contribution in [0.5, 0.6) is 0 Å². The fourth-order valence-corrected chi connectivity index (χ4v) is 2.87. The van der Waals surface area contributed by atoms with Gasteiger partial charge in [-0.25, -0.2) is 0 Å². The Kier molecular flexibility index (Phi) is 3.60. The lowest BCUT2D eigenvalue weighted by atomic mass is 9.96. The molecule has 1 atom stereocenters. The number of hydrogen-bond donors (Lipinski definition) is 0. The molecule has 13 heavy (non-hydrogen) atoms. The first-order chi connectivity index (χ1) is 6.07. The molecule has 0 aromatic heterocycles. The molecule has 2 heteroatoms. The monoisotopic (exact) mass is 198 g/mol. The van der Waals surface area contributed by atoms with Crippen molar-refractivity contribution < 1.29 is 4.79 Å². The van der Waals surface area contributed by atoms with Crippen LogP contribution in [0.1, 0.15) is 33.6 Å². The number of carbonyl (C=O) groups is 1. The second-order valence-electron chi connectivity index (χ2n) is 4.18. The van der Waals surface area contributed by atoms with Crippen LogP contribution in [0.4, 0.5) is 0 Å². The maximum Gasteiger partial charge on any atom is 0.146 e. The summed E-state index contributed by atoms with van der Waals surface area (Å²) in [4.78, 5) is 10.8. The van der Waals surface area contributed by atoms with Gasteiger partial charge in [-0.1, -0.05) is 19.9 Å². The smallest absolute Gasteiger partial charge is 0.146 e. The number of rotatable bonds is 3. The summed E-state index contributed by atoms with van der Waals surface area (Å²) in [6.45, 7) is 6.38. The van der Waals surface area contributed by atoms with E-state index in [1.54, 1.807) is 0 Å². The molecule has 0 aromatic carbocycles. The summed E-state index contributed by atoms with van der Waals surface area (Å²) >= 11 is 1.97. The molecule has 0 aliphatic carbocycles. The topological polar surface area (TPSA) is 17.1 Å². The molecule has 1 nitrogen and oxygen atoms in total. The molecule has 0 saturated carbocycles. The number of aldehydes is 1. The van der Waals surface area contributed by atoms with Crippen LogP contribution in [0.25, 0.3) is 0 Å². The van der Waals surface area contributed by atoms with Crippen molar-refractivity contribution in [1.29, 1.82) is 0 Å². The Bertz CT molecular complexity index is 212. The Morgan fingerprint density at radius 3 is 2.62 bits per heavy atom. The normalized spacial score (nSPS) is 29.7. The molecule has 1 fully saturated rings. The highest BCUT2D eigenvalue weighted by Crippen LogP contribution is 2.39.